The number of allylic oxidation sites excluding steroid dienone is 2. The molecule has 1 aromatic heterocycles. The summed E-state index contributed by atoms with van der Waals surface area (Å²) in [4.78, 5) is 4.02. The van der Waals surface area contributed by atoms with E-state index in [2.05, 4.69) is 33.1 Å². The van der Waals surface area contributed by atoms with E-state index in [1.165, 1.54) is 0 Å². The lowest BCUT2D eigenvalue weighted by Crippen LogP contribution is -1.93. The van der Waals surface area contributed by atoms with E-state index in [-0.39, 0.29) is 0 Å². The SMILES string of the molecule is Nc1ccncc1CC=CCCBr. The van der Waals surface area contributed by atoms with Crippen molar-refractivity contribution in [2.45, 2.75) is 12.8 Å². The van der Waals surface area contributed by atoms with Gasteiger partial charge >= 0.3 is 0 Å². The van der Waals surface area contributed by atoms with E-state index < -0.39 is 0 Å². The Morgan fingerprint density at radius 1 is 1.46 bits per heavy atom. The minimum absolute atomic E-state index is 0.818. The molecule has 0 saturated heterocycles. The van der Waals surface area contributed by atoms with Gasteiger partial charge in [-0.05, 0) is 24.5 Å². The Balaban J connectivity index is 2.49. The first-order valence-corrected chi connectivity index (χ1v) is 5.36. The Labute approximate surface area is 87.0 Å². The molecule has 0 fully saturated rings. The minimum Gasteiger partial charge on any atom is -0.398 e. The van der Waals surface area contributed by atoms with Crippen LogP contribution in [0, 0.1) is 0 Å². The number of rotatable bonds is 4. The molecule has 2 N–H and O–H groups in total. The van der Waals surface area contributed by atoms with E-state index in [4.69, 9.17) is 5.73 Å². The summed E-state index contributed by atoms with van der Waals surface area (Å²) < 4.78 is 0. The van der Waals surface area contributed by atoms with Crippen LogP contribution in [0.1, 0.15) is 12.0 Å². The Bertz CT molecular complexity index is 284. The zero-order valence-corrected chi connectivity index (χ0v) is 9.00. The van der Waals surface area contributed by atoms with E-state index in [0.29, 0.717) is 0 Å². The summed E-state index contributed by atoms with van der Waals surface area (Å²) in [6.45, 7) is 0. The fourth-order valence-electron chi connectivity index (χ4n) is 1.000. The molecule has 1 rings (SSSR count). The molecule has 2 nitrogen and oxygen atoms in total. The van der Waals surface area contributed by atoms with E-state index in [1.807, 2.05) is 12.3 Å². The van der Waals surface area contributed by atoms with E-state index in [0.717, 1.165) is 29.4 Å². The van der Waals surface area contributed by atoms with Crippen LogP contribution in [0.4, 0.5) is 5.69 Å². The molecule has 3 heteroatoms. The lowest BCUT2D eigenvalue weighted by molar-refractivity contribution is 1.17. The second-order valence-corrected chi connectivity index (χ2v) is 3.52. The Hall–Kier alpha value is -0.830. The number of nitrogens with zero attached hydrogens (tertiary/aromatic N) is 1. The van der Waals surface area contributed by atoms with Gasteiger partial charge in [0, 0.05) is 23.4 Å². The molecule has 1 heterocycles. The third kappa shape index (κ3) is 3.59. The largest absolute Gasteiger partial charge is 0.398 e. The second-order valence-electron chi connectivity index (χ2n) is 2.73. The summed E-state index contributed by atoms with van der Waals surface area (Å²) in [5.41, 5.74) is 7.66. The molecule has 13 heavy (non-hydrogen) atoms. The predicted molar refractivity (Wildman–Crippen MR) is 59.9 cm³/mol. The van der Waals surface area contributed by atoms with Gasteiger partial charge in [0.1, 0.15) is 0 Å². The van der Waals surface area contributed by atoms with Gasteiger partial charge in [-0.3, -0.25) is 4.98 Å². The number of pyridine rings is 1. The summed E-state index contributed by atoms with van der Waals surface area (Å²) in [5.74, 6) is 0. The molecule has 0 aliphatic carbocycles. The highest BCUT2D eigenvalue weighted by Gasteiger charge is 1.93. The molecule has 0 atom stereocenters. The summed E-state index contributed by atoms with van der Waals surface area (Å²) in [5, 5.41) is 1.01. The van der Waals surface area contributed by atoms with Crippen LogP contribution < -0.4 is 5.73 Å². The molecule has 0 spiro atoms. The number of nitrogens with two attached hydrogens (primary N) is 1. The van der Waals surface area contributed by atoms with E-state index >= 15 is 0 Å². The fraction of sp³-hybridized carbons (Fsp3) is 0.300. The van der Waals surface area contributed by atoms with Gasteiger partial charge in [-0.15, -0.1) is 0 Å². The van der Waals surface area contributed by atoms with Gasteiger partial charge in [-0.25, -0.2) is 0 Å². The average Bonchev–Trinajstić information content (AvgIpc) is 2.15. The molecule has 0 unspecified atom stereocenters. The quantitative estimate of drug-likeness (QED) is 0.649. The van der Waals surface area contributed by atoms with Crippen molar-refractivity contribution in [2.24, 2.45) is 0 Å². The topological polar surface area (TPSA) is 38.9 Å². The zero-order valence-electron chi connectivity index (χ0n) is 7.41. The standard InChI is InChI=1S/C10H13BrN2/c11-6-3-1-2-4-9-8-13-7-5-10(9)12/h1-2,5,7-8H,3-4,6H2,(H2,12,13). The normalized spacial score (nSPS) is 10.8. The van der Waals surface area contributed by atoms with Crippen molar-refractivity contribution in [2.75, 3.05) is 11.1 Å². The van der Waals surface area contributed by atoms with Gasteiger partial charge in [-0.2, -0.15) is 0 Å². The average molecular weight is 241 g/mol. The van der Waals surface area contributed by atoms with Crippen LogP contribution >= 0.6 is 15.9 Å². The highest BCUT2D eigenvalue weighted by atomic mass is 79.9. The van der Waals surface area contributed by atoms with Crippen LogP contribution in [0.5, 0.6) is 0 Å². The van der Waals surface area contributed by atoms with E-state index in [1.54, 1.807) is 6.20 Å². The lowest BCUT2D eigenvalue weighted by atomic mass is 10.1. The maximum absolute atomic E-state index is 5.75. The molecular formula is C10H13BrN2. The van der Waals surface area contributed by atoms with Crippen LogP contribution in [0.15, 0.2) is 30.6 Å². The molecule has 0 saturated carbocycles. The highest BCUT2D eigenvalue weighted by molar-refractivity contribution is 9.09. The molecule has 0 bridgehead atoms. The number of halogens is 1. The third-order valence-corrected chi connectivity index (χ3v) is 2.18. The molecule has 0 radical (unpaired) electrons. The van der Waals surface area contributed by atoms with Crippen LogP contribution in [0.25, 0.3) is 0 Å². The number of nitrogen functional groups attached to an aromatic ring is 1. The van der Waals surface area contributed by atoms with Crippen molar-refractivity contribution in [3.8, 4) is 0 Å². The van der Waals surface area contributed by atoms with Crippen molar-refractivity contribution in [1.29, 1.82) is 0 Å². The molecule has 1 aromatic rings. The summed E-state index contributed by atoms with van der Waals surface area (Å²) in [6, 6.07) is 1.83. The van der Waals surface area contributed by atoms with Crippen LogP contribution in [-0.2, 0) is 6.42 Å². The molecular weight excluding hydrogens is 228 g/mol. The van der Waals surface area contributed by atoms with Crippen molar-refractivity contribution in [3.05, 3.63) is 36.2 Å². The number of hydrogen-bond donors (Lipinski definition) is 1. The molecule has 0 aliphatic heterocycles. The van der Waals surface area contributed by atoms with Crippen molar-refractivity contribution < 1.29 is 0 Å². The maximum atomic E-state index is 5.75. The van der Waals surface area contributed by atoms with Crippen molar-refractivity contribution >= 4 is 21.6 Å². The molecule has 70 valence electrons. The zero-order chi connectivity index (χ0) is 9.52. The van der Waals surface area contributed by atoms with Gasteiger partial charge in [-0.1, -0.05) is 28.1 Å². The summed E-state index contributed by atoms with van der Waals surface area (Å²) >= 11 is 3.36. The van der Waals surface area contributed by atoms with Gasteiger partial charge < -0.3 is 5.73 Å². The fourth-order valence-corrected chi connectivity index (χ4v) is 1.26. The maximum Gasteiger partial charge on any atom is 0.0380 e. The van der Waals surface area contributed by atoms with Crippen LogP contribution in [-0.4, -0.2) is 10.3 Å². The number of alkyl halides is 1. The molecule has 0 amide bonds. The van der Waals surface area contributed by atoms with Crippen molar-refractivity contribution in [1.82, 2.24) is 4.98 Å². The first-order chi connectivity index (χ1) is 6.34. The Kier molecular flexibility index (Phi) is 4.54. The lowest BCUT2D eigenvalue weighted by Gasteiger charge is -1.99. The Morgan fingerprint density at radius 2 is 2.31 bits per heavy atom. The molecule has 0 aliphatic rings. The number of anilines is 1. The number of hydrogen-bond acceptors (Lipinski definition) is 2. The molecule has 0 aromatic carbocycles. The van der Waals surface area contributed by atoms with Gasteiger partial charge in [0.15, 0.2) is 0 Å². The minimum atomic E-state index is 0.818. The summed E-state index contributed by atoms with van der Waals surface area (Å²) in [7, 11) is 0. The van der Waals surface area contributed by atoms with Gasteiger partial charge in [0.25, 0.3) is 0 Å². The first-order valence-electron chi connectivity index (χ1n) is 4.24. The Morgan fingerprint density at radius 3 is 3.00 bits per heavy atom. The third-order valence-electron chi connectivity index (χ3n) is 1.72. The van der Waals surface area contributed by atoms with Crippen molar-refractivity contribution in [3.63, 3.8) is 0 Å². The van der Waals surface area contributed by atoms with E-state index in [9.17, 15) is 0 Å². The second kappa shape index (κ2) is 5.75. The summed E-state index contributed by atoms with van der Waals surface area (Å²) in [6.07, 6.45) is 9.71. The smallest absolute Gasteiger partial charge is 0.0380 e. The monoisotopic (exact) mass is 240 g/mol. The highest BCUT2D eigenvalue weighted by Crippen LogP contribution is 2.09. The first kappa shape index (κ1) is 10.3. The van der Waals surface area contributed by atoms with Gasteiger partial charge in [0.05, 0.1) is 0 Å². The van der Waals surface area contributed by atoms with Crippen LogP contribution in [0.3, 0.4) is 0 Å². The van der Waals surface area contributed by atoms with Crippen LogP contribution in [0.2, 0.25) is 0 Å². The van der Waals surface area contributed by atoms with Gasteiger partial charge in [0.2, 0.25) is 0 Å². The predicted octanol–water partition coefficient (Wildman–Crippen LogP) is 2.55. The number of aromatic nitrogens is 1.